The maximum atomic E-state index is 12.5. The van der Waals surface area contributed by atoms with Gasteiger partial charge in [-0.15, -0.1) is 0 Å². The SMILES string of the molecule is C=C1CC(C(F)(F)C(F)(F)F)OC1=O. The smallest absolute Gasteiger partial charge is 0.452 e. The maximum absolute atomic E-state index is 12.5. The highest BCUT2D eigenvalue weighted by Crippen LogP contribution is 2.43. The Hall–Kier alpha value is -1.14. The summed E-state index contributed by atoms with van der Waals surface area (Å²) >= 11 is 0. The molecule has 1 unspecified atom stereocenters. The molecule has 0 amide bonds. The fourth-order valence-electron chi connectivity index (χ4n) is 0.946. The summed E-state index contributed by atoms with van der Waals surface area (Å²) in [5.74, 6) is -6.24. The van der Waals surface area contributed by atoms with Gasteiger partial charge in [0.1, 0.15) is 0 Å². The Morgan fingerprint density at radius 1 is 1.29 bits per heavy atom. The molecule has 0 radical (unpaired) electrons. The Labute approximate surface area is 75.3 Å². The van der Waals surface area contributed by atoms with E-state index in [9.17, 15) is 26.7 Å². The van der Waals surface area contributed by atoms with Crippen molar-refractivity contribution in [1.82, 2.24) is 0 Å². The summed E-state index contributed by atoms with van der Waals surface area (Å²) in [5.41, 5.74) is -0.376. The van der Waals surface area contributed by atoms with E-state index in [0.29, 0.717) is 0 Å². The summed E-state index contributed by atoms with van der Waals surface area (Å²) in [6.45, 7) is 3.01. The minimum atomic E-state index is -5.72. The number of halogens is 5. The topological polar surface area (TPSA) is 26.3 Å². The molecule has 0 N–H and O–H groups in total. The predicted molar refractivity (Wildman–Crippen MR) is 34.6 cm³/mol. The molecule has 0 aliphatic carbocycles. The molecule has 80 valence electrons. The Kier molecular flexibility index (Phi) is 2.29. The number of cyclic esters (lactones) is 1. The molecule has 1 rings (SSSR count). The molecule has 7 heteroatoms. The van der Waals surface area contributed by atoms with Crippen molar-refractivity contribution in [3.8, 4) is 0 Å². The summed E-state index contributed by atoms with van der Waals surface area (Å²) in [6, 6.07) is 0. The quantitative estimate of drug-likeness (QED) is 0.381. The average molecular weight is 216 g/mol. The first kappa shape index (κ1) is 10.9. The lowest BCUT2D eigenvalue weighted by molar-refractivity contribution is -0.310. The van der Waals surface area contributed by atoms with Crippen LogP contribution < -0.4 is 0 Å². The molecular formula is C7H5F5O2. The second-order valence-corrected chi connectivity index (χ2v) is 2.82. The van der Waals surface area contributed by atoms with Crippen molar-refractivity contribution in [2.45, 2.75) is 24.6 Å². The van der Waals surface area contributed by atoms with E-state index < -0.39 is 30.6 Å². The van der Waals surface area contributed by atoms with Crippen molar-refractivity contribution >= 4 is 5.97 Å². The van der Waals surface area contributed by atoms with Crippen molar-refractivity contribution in [3.05, 3.63) is 12.2 Å². The second-order valence-electron chi connectivity index (χ2n) is 2.82. The van der Waals surface area contributed by atoms with Gasteiger partial charge in [0, 0.05) is 12.0 Å². The van der Waals surface area contributed by atoms with Gasteiger partial charge in [-0.25, -0.2) is 4.79 Å². The lowest BCUT2D eigenvalue weighted by atomic mass is 10.1. The molecule has 1 atom stereocenters. The zero-order valence-electron chi connectivity index (χ0n) is 6.70. The number of rotatable bonds is 1. The largest absolute Gasteiger partial charge is 0.457 e. The molecule has 0 spiro atoms. The molecular weight excluding hydrogens is 211 g/mol. The van der Waals surface area contributed by atoms with Crippen LogP contribution in [0.1, 0.15) is 6.42 Å². The first-order chi connectivity index (χ1) is 6.16. The number of hydrogen-bond donors (Lipinski definition) is 0. The van der Waals surface area contributed by atoms with E-state index in [1.807, 2.05) is 0 Å². The molecule has 1 aliphatic heterocycles. The number of carbonyl (C=O) groups is 1. The van der Waals surface area contributed by atoms with E-state index >= 15 is 0 Å². The highest BCUT2D eigenvalue weighted by Gasteiger charge is 2.65. The van der Waals surface area contributed by atoms with Gasteiger partial charge in [0.15, 0.2) is 6.10 Å². The van der Waals surface area contributed by atoms with Gasteiger partial charge in [0.05, 0.1) is 0 Å². The lowest BCUT2D eigenvalue weighted by Gasteiger charge is -2.23. The Morgan fingerprint density at radius 2 is 1.79 bits per heavy atom. The van der Waals surface area contributed by atoms with Crippen LogP contribution in [0.4, 0.5) is 22.0 Å². The van der Waals surface area contributed by atoms with E-state index in [4.69, 9.17) is 0 Å². The van der Waals surface area contributed by atoms with Gasteiger partial charge in [-0.3, -0.25) is 0 Å². The first-order valence-corrected chi connectivity index (χ1v) is 3.49. The van der Waals surface area contributed by atoms with Gasteiger partial charge in [-0.05, 0) is 0 Å². The standard InChI is InChI=1S/C7H5F5O2/c1-3-2-4(14-5(3)13)6(8,9)7(10,11)12/h4H,1-2H2. The van der Waals surface area contributed by atoms with Gasteiger partial charge in [0.2, 0.25) is 0 Å². The summed E-state index contributed by atoms with van der Waals surface area (Å²) in [6.07, 6.45) is -9.00. The summed E-state index contributed by atoms with van der Waals surface area (Å²) in [5, 5.41) is 0. The van der Waals surface area contributed by atoms with Gasteiger partial charge in [-0.2, -0.15) is 22.0 Å². The molecule has 0 aromatic carbocycles. The summed E-state index contributed by atoms with van der Waals surface area (Å²) in [7, 11) is 0. The third-order valence-corrected chi connectivity index (χ3v) is 1.75. The van der Waals surface area contributed by atoms with Gasteiger partial charge in [-0.1, -0.05) is 6.58 Å². The number of carbonyl (C=O) groups excluding carboxylic acids is 1. The van der Waals surface area contributed by atoms with Crippen molar-refractivity contribution in [2.24, 2.45) is 0 Å². The molecule has 1 heterocycles. The molecule has 1 aliphatic rings. The zero-order chi connectivity index (χ0) is 11.1. The van der Waals surface area contributed by atoms with E-state index in [1.165, 1.54) is 0 Å². The molecule has 14 heavy (non-hydrogen) atoms. The Bertz CT molecular complexity index is 264. The van der Waals surface area contributed by atoms with Crippen LogP contribution in [-0.4, -0.2) is 24.2 Å². The van der Waals surface area contributed by atoms with Crippen molar-refractivity contribution in [1.29, 1.82) is 0 Å². The van der Waals surface area contributed by atoms with E-state index in [1.54, 1.807) is 0 Å². The number of ether oxygens (including phenoxy) is 1. The van der Waals surface area contributed by atoms with Crippen molar-refractivity contribution < 1.29 is 31.5 Å². The van der Waals surface area contributed by atoms with Gasteiger partial charge in [0.25, 0.3) is 0 Å². The Morgan fingerprint density at radius 3 is 2.07 bits per heavy atom. The highest BCUT2D eigenvalue weighted by atomic mass is 19.4. The van der Waals surface area contributed by atoms with Crippen LogP contribution in [0.5, 0.6) is 0 Å². The molecule has 1 fully saturated rings. The maximum Gasteiger partial charge on any atom is 0.457 e. The molecule has 0 aromatic rings. The molecule has 2 nitrogen and oxygen atoms in total. The van der Waals surface area contributed by atoms with Crippen LogP contribution in [0.3, 0.4) is 0 Å². The third kappa shape index (κ3) is 1.58. The van der Waals surface area contributed by atoms with E-state index in [-0.39, 0.29) is 5.57 Å². The van der Waals surface area contributed by atoms with Crippen LogP contribution in [0.2, 0.25) is 0 Å². The van der Waals surface area contributed by atoms with E-state index in [0.717, 1.165) is 0 Å². The number of alkyl halides is 5. The number of hydrogen-bond acceptors (Lipinski definition) is 2. The molecule has 0 bridgehead atoms. The third-order valence-electron chi connectivity index (χ3n) is 1.75. The average Bonchev–Trinajstić information content (AvgIpc) is 2.30. The first-order valence-electron chi connectivity index (χ1n) is 3.49. The van der Waals surface area contributed by atoms with Crippen molar-refractivity contribution in [2.75, 3.05) is 0 Å². The van der Waals surface area contributed by atoms with Crippen LogP contribution in [-0.2, 0) is 9.53 Å². The summed E-state index contributed by atoms with van der Waals surface area (Å²) < 4.78 is 64.2. The molecule has 0 aromatic heterocycles. The fraction of sp³-hybridized carbons (Fsp3) is 0.571. The second kappa shape index (κ2) is 2.93. The van der Waals surface area contributed by atoms with E-state index in [2.05, 4.69) is 11.3 Å². The van der Waals surface area contributed by atoms with Crippen LogP contribution in [0.15, 0.2) is 12.2 Å². The van der Waals surface area contributed by atoms with Crippen LogP contribution >= 0.6 is 0 Å². The summed E-state index contributed by atoms with van der Waals surface area (Å²) in [4.78, 5) is 10.5. The fourth-order valence-corrected chi connectivity index (χ4v) is 0.946. The Balaban J connectivity index is 2.86. The zero-order valence-corrected chi connectivity index (χ0v) is 6.70. The highest BCUT2D eigenvalue weighted by molar-refractivity contribution is 5.90. The minimum absolute atomic E-state index is 0.376. The monoisotopic (exact) mass is 216 g/mol. The minimum Gasteiger partial charge on any atom is -0.452 e. The van der Waals surface area contributed by atoms with Crippen LogP contribution in [0, 0.1) is 0 Å². The number of esters is 1. The molecule has 1 saturated heterocycles. The van der Waals surface area contributed by atoms with Crippen LogP contribution in [0.25, 0.3) is 0 Å². The van der Waals surface area contributed by atoms with Gasteiger partial charge < -0.3 is 4.74 Å². The lowest BCUT2D eigenvalue weighted by Crippen LogP contribution is -2.46. The molecule has 0 saturated carbocycles. The normalized spacial score (nSPS) is 23.9. The van der Waals surface area contributed by atoms with Gasteiger partial charge >= 0.3 is 18.1 Å². The predicted octanol–water partition coefficient (Wildman–Crippen LogP) is 2.06. The van der Waals surface area contributed by atoms with Crippen molar-refractivity contribution in [3.63, 3.8) is 0 Å².